The Kier molecular flexibility index (Phi) is 6.43. The Morgan fingerprint density at radius 3 is 2.75 bits per heavy atom. The average Bonchev–Trinajstić information content (AvgIpc) is 2.66. The van der Waals surface area contributed by atoms with Crippen molar-refractivity contribution in [2.75, 3.05) is 26.1 Å². The average molecular weight is 258 g/mol. The minimum Gasteiger partial charge on any atom is -0.315 e. The quantitative estimate of drug-likeness (QED) is 0.809. The third-order valence-corrected chi connectivity index (χ3v) is 4.52. The van der Waals surface area contributed by atoms with Gasteiger partial charge in [-0.05, 0) is 39.4 Å². The topological polar surface area (TPSA) is 15.3 Å². The zero-order valence-electron chi connectivity index (χ0n) is 10.6. The van der Waals surface area contributed by atoms with Crippen LogP contribution in [0.15, 0.2) is 12.1 Å². The molecule has 1 heterocycles. The Bertz CT molecular complexity index is 299. The van der Waals surface area contributed by atoms with E-state index in [0.717, 1.165) is 13.1 Å². The van der Waals surface area contributed by atoms with Crippen molar-refractivity contribution in [1.82, 2.24) is 10.2 Å². The summed E-state index contributed by atoms with van der Waals surface area (Å²) >= 11 is 3.82. The zero-order valence-corrected chi connectivity index (χ0v) is 12.3. The van der Waals surface area contributed by atoms with Crippen LogP contribution in [-0.4, -0.2) is 37.0 Å². The number of rotatable bonds is 7. The normalized spacial score (nSPS) is 13.3. The van der Waals surface area contributed by atoms with Gasteiger partial charge in [0, 0.05) is 34.6 Å². The van der Waals surface area contributed by atoms with E-state index in [1.54, 1.807) is 0 Å². The van der Waals surface area contributed by atoms with Gasteiger partial charge < -0.3 is 5.32 Å². The van der Waals surface area contributed by atoms with E-state index in [1.165, 1.54) is 15.5 Å². The molecular weight excluding hydrogens is 236 g/mol. The maximum Gasteiger partial charge on any atom is 0.0328 e. The summed E-state index contributed by atoms with van der Waals surface area (Å²) in [6.07, 6.45) is 2.17. The van der Waals surface area contributed by atoms with Crippen LogP contribution in [0.4, 0.5) is 0 Å². The third-order valence-electron chi connectivity index (χ3n) is 2.63. The van der Waals surface area contributed by atoms with E-state index in [2.05, 4.69) is 42.6 Å². The Hall–Kier alpha value is -0.0300. The van der Waals surface area contributed by atoms with E-state index in [0.29, 0.717) is 6.04 Å². The van der Waals surface area contributed by atoms with Crippen molar-refractivity contribution >= 4 is 23.1 Å². The highest BCUT2D eigenvalue weighted by atomic mass is 32.2. The molecule has 0 saturated carbocycles. The predicted octanol–water partition coefficient (Wildman–Crippen LogP) is 2.65. The van der Waals surface area contributed by atoms with Gasteiger partial charge in [-0.3, -0.25) is 4.90 Å². The molecule has 1 N–H and O–H groups in total. The van der Waals surface area contributed by atoms with Crippen LogP contribution in [-0.2, 0) is 13.1 Å². The molecule has 0 aromatic carbocycles. The number of thiophene rings is 1. The molecule has 1 unspecified atom stereocenters. The van der Waals surface area contributed by atoms with Crippen molar-refractivity contribution in [3.05, 3.63) is 21.9 Å². The summed E-state index contributed by atoms with van der Waals surface area (Å²) in [7, 11) is 4.20. The first-order valence-electron chi connectivity index (χ1n) is 5.58. The molecule has 16 heavy (non-hydrogen) atoms. The van der Waals surface area contributed by atoms with Crippen LogP contribution in [0.5, 0.6) is 0 Å². The number of hydrogen-bond acceptors (Lipinski definition) is 4. The van der Waals surface area contributed by atoms with Crippen LogP contribution in [0.2, 0.25) is 0 Å². The number of nitrogens with zero attached hydrogens (tertiary/aromatic N) is 1. The van der Waals surface area contributed by atoms with Gasteiger partial charge >= 0.3 is 0 Å². The van der Waals surface area contributed by atoms with Crippen molar-refractivity contribution < 1.29 is 0 Å². The van der Waals surface area contributed by atoms with Gasteiger partial charge in [-0.2, -0.15) is 11.8 Å². The molecule has 0 bridgehead atoms. The molecular formula is C12H22N2S2. The summed E-state index contributed by atoms with van der Waals surface area (Å²) in [6.45, 7) is 4.34. The highest BCUT2D eigenvalue weighted by Crippen LogP contribution is 2.19. The smallest absolute Gasteiger partial charge is 0.0328 e. The van der Waals surface area contributed by atoms with Crippen LogP contribution < -0.4 is 5.32 Å². The molecule has 1 aromatic heterocycles. The summed E-state index contributed by atoms with van der Waals surface area (Å²) < 4.78 is 0. The number of thioether (sulfide) groups is 1. The van der Waals surface area contributed by atoms with Crippen molar-refractivity contribution in [2.45, 2.75) is 26.1 Å². The molecule has 0 amide bonds. The van der Waals surface area contributed by atoms with Gasteiger partial charge in [0.05, 0.1) is 0 Å². The molecule has 0 radical (unpaired) electrons. The maximum atomic E-state index is 3.19. The minimum atomic E-state index is 0.643. The van der Waals surface area contributed by atoms with Crippen LogP contribution >= 0.6 is 23.1 Å². The lowest BCUT2D eigenvalue weighted by Crippen LogP contribution is -2.30. The zero-order chi connectivity index (χ0) is 12.0. The molecule has 0 saturated heterocycles. The van der Waals surface area contributed by atoms with Crippen LogP contribution in [0, 0.1) is 0 Å². The lowest BCUT2D eigenvalue weighted by Gasteiger charge is -2.23. The van der Waals surface area contributed by atoms with Gasteiger partial charge in [0.1, 0.15) is 0 Å². The largest absolute Gasteiger partial charge is 0.315 e. The highest BCUT2D eigenvalue weighted by molar-refractivity contribution is 7.98. The molecule has 1 atom stereocenters. The molecule has 0 fully saturated rings. The second kappa shape index (κ2) is 7.33. The van der Waals surface area contributed by atoms with Crippen LogP contribution in [0.3, 0.4) is 0 Å². The molecule has 4 heteroatoms. The first-order chi connectivity index (χ1) is 7.67. The first-order valence-corrected chi connectivity index (χ1v) is 7.79. The van der Waals surface area contributed by atoms with Gasteiger partial charge in [0.2, 0.25) is 0 Å². The molecule has 1 aromatic rings. The Morgan fingerprint density at radius 2 is 2.12 bits per heavy atom. The molecule has 1 rings (SSSR count). The first kappa shape index (κ1) is 14.0. The van der Waals surface area contributed by atoms with Gasteiger partial charge in [0.15, 0.2) is 0 Å². The monoisotopic (exact) mass is 258 g/mol. The van der Waals surface area contributed by atoms with Crippen LogP contribution in [0.25, 0.3) is 0 Å². The van der Waals surface area contributed by atoms with Crippen molar-refractivity contribution in [3.8, 4) is 0 Å². The Labute approximate surface area is 107 Å². The van der Waals surface area contributed by atoms with Crippen molar-refractivity contribution in [1.29, 1.82) is 0 Å². The fourth-order valence-corrected chi connectivity index (χ4v) is 3.38. The van der Waals surface area contributed by atoms with E-state index >= 15 is 0 Å². The highest BCUT2D eigenvalue weighted by Gasteiger charge is 2.10. The molecule has 0 aliphatic heterocycles. The van der Waals surface area contributed by atoms with Crippen LogP contribution in [0.1, 0.15) is 16.7 Å². The predicted molar refractivity (Wildman–Crippen MR) is 76.4 cm³/mol. The Balaban J connectivity index is 2.45. The van der Waals surface area contributed by atoms with Gasteiger partial charge in [-0.25, -0.2) is 0 Å². The van der Waals surface area contributed by atoms with E-state index in [9.17, 15) is 0 Å². The summed E-state index contributed by atoms with van der Waals surface area (Å²) in [5.41, 5.74) is 0. The van der Waals surface area contributed by atoms with E-state index < -0.39 is 0 Å². The van der Waals surface area contributed by atoms with Gasteiger partial charge in [0.25, 0.3) is 0 Å². The maximum absolute atomic E-state index is 3.19. The summed E-state index contributed by atoms with van der Waals surface area (Å²) in [4.78, 5) is 5.30. The molecule has 0 aliphatic rings. The standard InChI is InChI=1S/C12H22N2S2/c1-10(9-15-4)14(3)8-12-6-5-11(16-12)7-13-2/h5-6,10,13H,7-9H2,1-4H3. The molecule has 2 nitrogen and oxygen atoms in total. The fourth-order valence-electron chi connectivity index (χ4n) is 1.55. The number of hydrogen-bond donors (Lipinski definition) is 1. The molecule has 0 spiro atoms. The van der Waals surface area contributed by atoms with Crippen molar-refractivity contribution in [3.63, 3.8) is 0 Å². The lowest BCUT2D eigenvalue weighted by molar-refractivity contribution is 0.272. The summed E-state index contributed by atoms with van der Waals surface area (Å²) in [5, 5.41) is 3.19. The van der Waals surface area contributed by atoms with Gasteiger partial charge in [-0.15, -0.1) is 11.3 Å². The second-order valence-electron chi connectivity index (χ2n) is 4.12. The molecule has 0 aliphatic carbocycles. The SMILES string of the molecule is CNCc1ccc(CN(C)C(C)CSC)s1. The Morgan fingerprint density at radius 1 is 1.44 bits per heavy atom. The summed E-state index contributed by atoms with van der Waals surface area (Å²) in [6, 6.07) is 5.12. The molecule has 92 valence electrons. The third kappa shape index (κ3) is 4.45. The van der Waals surface area contributed by atoms with Crippen molar-refractivity contribution in [2.24, 2.45) is 0 Å². The summed E-state index contributed by atoms with van der Waals surface area (Å²) in [5.74, 6) is 1.20. The van der Waals surface area contributed by atoms with E-state index in [4.69, 9.17) is 0 Å². The fraction of sp³-hybridized carbons (Fsp3) is 0.667. The van der Waals surface area contributed by atoms with E-state index in [1.807, 2.05) is 30.1 Å². The number of nitrogens with one attached hydrogen (secondary N) is 1. The second-order valence-corrected chi connectivity index (χ2v) is 6.28. The van der Waals surface area contributed by atoms with E-state index in [-0.39, 0.29) is 0 Å². The minimum absolute atomic E-state index is 0.643. The lowest BCUT2D eigenvalue weighted by atomic mass is 10.3. The van der Waals surface area contributed by atoms with Gasteiger partial charge in [-0.1, -0.05) is 0 Å².